The molecule has 4 rings (SSSR count). The molecule has 0 aliphatic carbocycles. The van der Waals surface area contributed by atoms with Gasteiger partial charge in [-0.2, -0.15) is 0 Å². The van der Waals surface area contributed by atoms with Crippen molar-refractivity contribution in [3.63, 3.8) is 0 Å². The number of allylic oxidation sites excluding steroid dienone is 3. The van der Waals surface area contributed by atoms with Gasteiger partial charge < -0.3 is 34.7 Å². The highest BCUT2D eigenvalue weighted by Gasteiger charge is 2.69. The molecule has 2 aliphatic heterocycles. The van der Waals surface area contributed by atoms with Crippen LogP contribution in [0.3, 0.4) is 0 Å². The third kappa shape index (κ3) is 10.4. The molecule has 3 unspecified atom stereocenters. The van der Waals surface area contributed by atoms with E-state index in [1.165, 1.54) is 43.5 Å². The summed E-state index contributed by atoms with van der Waals surface area (Å²) in [5.74, 6) is -2.78. The van der Waals surface area contributed by atoms with Crippen molar-refractivity contribution < 1.29 is 47.9 Å². The van der Waals surface area contributed by atoms with Gasteiger partial charge in [-0.05, 0) is 51.0 Å². The number of benzene rings is 1. The van der Waals surface area contributed by atoms with Gasteiger partial charge >= 0.3 is 12.1 Å². The number of amides is 3. The van der Waals surface area contributed by atoms with Gasteiger partial charge in [0.2, 0.25) is 11.8 Å². The minimum absolute atomic E-state index is 0.0141. The lowest BCUT2D eigenvalue weighted by Gasteiger charge is -2.35. The number of carbonyl (C=O) groups is 6. The lowest BCUT2D eigenvalue weighted by atomic mass is 9.81. The summed E-state index contributed by atoms with van der Waals surface area (Å²) in [5, 5.41) is 18.1. The van der Waals surface area contributed by atoms with Crippen LogP contribution in [0.1, 0.15) is 62.3 Å². The number of aliphatic hydroxyl groups is 1. The van der Waals surface area contributed by atoms with Crippen molar-refractivity contribution in [2.45, 2.75) is 69.1 Å². The highest BCUT2D eigenvalue weighted by atomic mass is 33.1. The van der Waals surface area contributed by atoms with Gasteiger partial charge in [0.15, 0.2) is 33.0 Å². The third-order valence-electron chi connectivity index (χ3n) is 8.35. The van der Waals surface area contributed by atoms with E-state index in [4.69, 9.17) is 9.47 Å². The van der Waals surface area contributed by atoms with Gasteiger partial charge in [0, 0.05) is 29.1 Å². The molecular formula is C35H40N4O10S3. The summed E-state index contributed by atoms with van der Waals surface area (Å²) in [7, 11) is -0.156. The summed E-state index contributed by atoms with van der Waals surface area (Å²) in [6.45, 7) is 3.59. The molecule has 1 fully saturated rings. The number of ether oxygens (including phenoxy) is 2. The number of nitrogens with one attached hydrogen (secondary N) is 2. The van der Waals surface area contributed by atoms with Gasteiger partial charge in [0.1, 0.15) is 24.7 Å². The predicted molar refractivity (Wildman–Crippen MR) is 196 cm³/mol. The van der Waals surface area contributed by atoms with Crippen LogP contribution in [0, 0.1) is 0 Å². The Labute approximate surface area is 311 Å². The second-order valence-corrected chi connectivity index (χ2v) is 16.6. The van der Waals surface area contributed by atoms with E-state index in [0.717, 1.165) is 10.5 Å². The number of ketones is 1. The van der Waals surface area contributed by atoms with E-state index in [2.05, 4.69) is 15.6 Å². The quantitative estimate of drug-likeness (QED) is 0.161. The topological polar surface area (TPSA) is 204 Å². The number of hydrogen-bond donors (Lipinski definition) is 3. The van der Waals surface area contributed by atoms with Crippen LogP contribution in [-0.2, 0) is 50.3 Å². The molecule has 1 spiro atoms. The van der Waals surface area contributed by atoms with E-state index in [1.54, 1.807) is 55.6 Å². The number of carbonyl (C=O) groups excluding carboxylic acids is 6. The van der Waals surface area contributed by atoms with Gasteiger partial charge in [-0.15, -0.1) is 11.3 Å². The van der Waals surface area contributed by atoms with E-state index >= 15 is 0 Å². The summed E-state index contributed by atoms with van der Waals surface area (Å²) in [4.78, 5) is 82.5. The number of aromatic nitrogens is 1. The Morgan fingerprint density at radius 1 is 1.17 bits per heavy atom. The Balaban J connectivity index is 1.47. The Hall–Kier alpha value is -4.29. The molecule has 52 heavy (non-hydrogen) atoms. The van der Waals surface area contributed by atoms with E-state index in [-0.39, 0.29) is 19.4 Å². The third-order valence-corrected chi connectivity index (χ3v) is 13.3. The van der Waals surface area contributed by atoms with Gasteiger partial charge in [-0.25, -0.2) is 9.78 Å². The molecule has 1 aromatic carbocycles. The molecule has 1 saturated heterocycles. The summed E-state index contributed by atoms with van der Waals surface area (Å²) in [6.07, 6.45) is 4.62. The van der Waals surface area contributed by atoms with E-state index in [0.29, 0.717) is 27.1 Å². The van der Waals surface area contributed by atoms with Gasteiger partial charge in [0.05, 0.1) is 18.2 Å². The fourth-order valence-corrected chi connectivity index (χ4v) is 9.99. The number of likely N-dealkylation sites (N-methyl/N-ethyl adjacent to an activating group) is 1. The number of rotatable bonds is 7. The van der Waals surface area contributed by atoms with Crippen LogP contribution in [0.5, 0.6) is 0 Å². The summed E-state index contributed by atoms with van der Waals surface area (Å²) in [6, 6.07) is 8.47. The number of esters is 1. The maximum Gasteiger partial charge on any atom is 0.410 e. The SMILES string of the molecule is C/C1=C\C(OC(=O)CNC(=O)CN(C)C(=O)OCc2ccccc2)C(=O)/C=C/C=C\c2csc(n2)C(C)NC(=O)C[C@@]2(CC1)[S+]([O-])SC(=O)[C@]2(C)O. The second-order valence-electron chi connectivity index (χ2n) is 12.5. The van der Waals surface area contributed by atoms with Crippen LogP contribution in [0.4, 0.5) is 4.79 Å². The van der Waals surface area contributed by atoms with Crippen molar-refractivity contribution in [1.29, 1.82) is 0 Å². The summed E-state index contributed by atoms with van der Waals surface area (Å²) in [5.41, 5.74) is -0.305. The number of thiazole rings is 1. The van der Waals surface area contributed by atoms with Crippen molar-refractivity contribution in [3.05, 3.63) is 81.9 Å². The first-order valence-electron chi connectivity index (χ1n) is 16.2. The van der Waals surface area contributed by atoms with Gasteiger partial charge in [0.25, 0.3) is 5.12 Å². The molecule has 5 atom stereocenters. The maximum atomic E-state index is 13.4. The average molecular weight is 773 g/mol. The van der Waals surface area contributed by atoms with Crippen LogP contribution in [0.25, 0.3) is 6.08 Å². The molecule has 3 amide bonds. The molecule has 2 aromatic rings. The molecular weight excluding hydrogens is 733 g/mol. The van der Waals surface area contributed by atoms with Crippen molar-refractivity contribution in [1.82, 2.24) is 20.5 Å². The monoisotopic (exact) mass is 772 g/mol. The highest BCUT2D eigenvalue weighted by Crippen LogP contribution is 2.53. The van der Waals surface area contributed by atoms with Crippen LogP contribution < -0.4 is 10.6 Å². The van der Waals surface area contributed by atoms with Gasteiger partial charge in [-0.1, -0.05) is 48.1 Å². The molecule has 17 heteroatoms. The summed E-state index contributed by atoms with van der Waals surface area (Å²) < 4.78 is 22.4. The van der Waals surface area contributed by atoms with Crippen molar-refractivity contribution in [2.24, 2.45) is 0 Å². The van der Waals surface area contributed by atoms with Crippen LogP contribution in [0.2, 0.25) is 0 Å². The molecule has 3 heterocycles. The smallest absolute Gasteiger partial charge is 0.410 e. The predicted octanol–water partition coefficient (Wildman–Crippen LogP) is 3.31. The first-order valence-corrected chi connectivity index (χ1v) is 19.5. The molecule has 1 aromatic heterocycles. The molecule has 2 aliphatic rings. The molecule has 3 N–H and O–H groups in total. The van der Waals surface area contributed by atoms with Crippen molar-refractivity contribution in [3.8, 4) is 0 Å². The fourth-order valence-electron chi connectivity index (χ4n) is 5.25. The molecule has 14 nitrogen and oxygen atoms in total. The zero-order valence-electron chi connectivity index (χ0n) is 29.0. The van der Waals surface area contributed by atoms with E-state index in [9.17, 15) is 38.4 Å². The zero-order valence-corrected chi connectivity index (χ0v) is 31.4. The minimum Gasteiger partial charge on any atom is -0.604 e. The zero-order chi connectivity index (χ0) is 38.1. The second kappa shape index (κ2) is 18.0. The molecule has 2 bridgehead atoms. The Bertz CT molecular complexity index is 1760. The van der Waals surface area contributed by atoms with Gasteiger partial charge in [-0.3, -0.25) is 24.0 Å². The van der Waals surface area contributed by atoms with E-state index in [1.807, 2.05) is 6.07 Å². The highest BCUT2D eigenvalue weighted by molar-refractivity contribution is 8.79. The number of nitrogens with zero attached hydrogens (tertiary/aromatic N) is 2. The molecule has 0 saturated carbocycles. The van der Waals surface area contributed by atoms with Crippen molar-refractivity contribution in [2.75, 3.05) is 20.1 Å². The minimum atomic E-state index is -2.11. The maximum absolute atomic E-state index is 13.4. The first kappa shape index (κ1) is 40.5. The van der Waals surface area contributed by atoms with E-state index < -0.39 is 87.0 Å². The normalized spacial score (nSPS) is 27.7. The lowest BCUT2D eigenvalue weighted by molar-refractivity contribution is -0.150. The van der Waals surface area contributed by atoms with Crippen LogP contribution in [-0.4, -0.2) is 90.9 Å². The summed E-state index contributed by atoms with van der Waals surface area (Å²) >= 11 is 1.29. The molecule has 0 radical (unpaired) electrons. The number of fused-ring (bicyclic) bond motifs is 2. The Morgan fingerprint density at radius 3 is 2.58 bits per heavy atom. The van der Waals surface area contributed by atoms with Crippen molar-refractivity contribution >= 4 is 73.2 Å². The largest absolute Gasteiger partial charge is 0.604 e. The first-order chi connectivity index (χ1) is 24.6. The van der Waals surface area contributed by atoms with Crippen LogP contribution in [0.15, 0.2) is 65.6 Å². The average Bonchev–Trinajstić information content (AvgIpc) is 3.64. The fraction of sp³-hybridized carbons (Fsp3) is 0.400. The standard InChI is InChI=1S/C35H40N4O10S3/c1-22-14-15-35(34(3,46)32(44)51-52(35)47)17-28(41)37-23(2)31-38-25(21-50-31)12-8-9-13-26(40)27(16-22)49-30(43)18-36-29(42)19-39(4)33(45)48-20-24-10-6-5-7-11-24/h5-13,16,21,23,27,46H,14-15,17-20H2,1-4H3,(H,36,42)(H,37,41)/b12-8-,13-9+,22-16+/t23?,27?,34-,35+,52?/m0/s1. The lowest BCUT2D eigenvalue weighted by Crippen LogP contribution is -2.56. The molecule has 278 valence electrons. The Morgan fingerprint density at radius 2 is 1.88 bits per heavy atom. The Kier molecular flexibility index (Phi) is 14.0. The number of hydrogen-bond acceptors (Lipinski definition) is 13. The van der Waals surface area contributed by atoms with Crippen LogP contribution >= 0.6 is 22.1 Å².